The van der Waals surface area contributed by atoms with Gasteiger partial charge in [0, 0.05) is 38.2 Å². The minimum atomic E-state index is -0.161. The van der Waals surface area contributed by atoms with Crippen LogP contribution in [0, 0.1) is 0 Å². The predicted octanol–water partition coefficient (Wildman–Crippen LogP) is 1.58. The number of hydrogen-bond acceptors (Lipinski definition) is 7. The van der Waals surface area contributed by atoms with Crippen molar-refractivity contribution in [3.63, 3.8) is 0 Å². The first kappa shape index (κ1) is 18.0. The number of aromatic nitrogens is 6. The summed E-state index contributed by atoms with van der Waals surface area (Å²) in [4.78, 5) is 33.1. The summed E-state index contributed by atoms with van der Waals surface area (Å²) in [5, 5.41) is 6.29. The van der Waals surface area contributed by atoms with Crippen molar-refractivity contribution in [1.29, 1.82) is 0 Å². The second-order valence-electron chi connectivity index (χ2n) is 7.14. The second-order valence-corrected chi connectivity index (χ2v) is 7.58. The van der Waals surface area contributed by atoms with E-state index in [2.05, 4.69) is 34.8 Å². The summed E-state index contributed by atoms with van der Waals surface area (Å²) >= 11 is 5.98. The van der Waals surface area contributed by atoms with Gasteiger partial charge in [-0.3, -0.25) is 14.4 Å². The highest BCUT2D eigenvalue weighted by Crippen LogP contribution is 2.23. The zero-order valence-electron chi connectivity index (χ0n) is 15.8. The molecule has 9 nitrogen and oxygen atoms in total. The molecule has 10 heteroatoms. The first-order valence-electron chi connectivity index (χ1n) is 9.37. The van der Waals surface area contributed by atoms with Crippen LogP contribution in [0.3, 0.4) is 0 Å². The number of rotatable bonds is 3. The Hall–Kier alpha value is -3.04. The smallest absolute Gasteiger partial charge is 0.258 e. The number of fused-ring (bicyclic) bond motifs is 2. The molecule has 3 aromatic heterocycles. The number of piperazine rings is 1. The number of H-pyrrole nitrogens is 1. The standard InChI is InChI=1S/C19H19ClN8O/c1-26-17-14(9-23-26)18(22-11-21-17)28-6-4-27(5-7-28)10-16-24-15-3-2-12(20)8-13(15)19(29)25-16/h2-3,8-9,11H,4-7,10H2,1H3,(H,24,25,29). The molecular weight excluding hydrogens is 392 g/mol. The molecule has 5 rings (SSSR count). The second kappa shape index (κ2) is 7.09. The van der Waals surface area contributed by atoms with Crippen LogP contribution in [0.5, 0.6) is 0 Å². The summed E-state index contributed by atoms with van der Waals surface area (Å²) in [6, 6.07) is 5.18. The van der Waals surface area contributed by atoms with E-state index in [-0.39, 0.29) is 5.56 Å². The molecule has 1 aliphatic heterocycles. The van der Waals surface area contributed by atoms with E-state index in [0.29, 0.717) is 28.3 Å². The molecule has 0 amide bonds. The monoisotopic (exact) mass is 410 g/mol. The molecule has 0 radical (unpaired) electrons. The van der Waals surface area contributed by atoms with Crippen LogP contribution in [0.2, 0.25) is 5.02 Å². The zero-order chi connectivity index (χ0) is 20.0. The number of aryl methyl sites for hydroxylation is 1. The van der Waals surface area contributed by atoms with Crippen molar-refractivity contribution < 1.29 is 0 Å². The van der Waals surface area contributed by atoms with Crippen LogP contribution < -0.4 is 10.5 Å². The highest BCUT2D eigenvalue weighted by Gasteiger charge is 2.21. The Bertz CT molecular complexity index is 1260. The Balaban J connectivity index is 1.31. The van der Waals surface area contributed by atoms with Gasteiger partial charge in [0.05, 0.1) is 29.0 Å². The predicted molar refractivity (Wildman–Crippen MR) is 111 cm³/mol. The largest absolute Gasteiger partial charge is 0.353 e. The third-order valence-electron chi connectivity index (χ3n) is 5.27. The molecule has 4 aromatic rings. The fourth-order valence-corrected chi connectivity index (χ4v) is 3.94. The SMILES string of the molecule is Cn1ncc2c(N3CCN(Cc4nc5ccc(Cl)cc5c(=O)[nH]4)CC3)ncnc21. The Morgan fingerprint density at radius 3 is 2.79 bits per heavy atom. The van der Waals surface area contributed by atoms with E-state index in [4.69, 9.17) is 11.6 Å². The molecular formula is C19H19ClN8O. The van der Waals surface area contributed by atoms with E-state index in [1.165, 1.54) is 0 Å². The number of benzene rings is 1. The average Bonchev–Trinajstić information content (AvgIpc) is 3.10. The third-order valence-corrected chi connectivity index (χ3v) is 5.51. The van der Waals surface area contributed by atoms with Crippen molar-refractivity contribution in [2.75, 3.05) is 31.1 Å². The highest BCUT2D eigenvalue weighted by atomic mass is 35.5. The Labute approximate surface area is 171 Å². The van der Waals surface area contributed by atoms with Gasteiger partial charge in [-0.1, -0.05) is 11.6 Å². The molecule has 4 heterocycles. The number of hydrogen-bond donors (Lipinski definition) is 1. The Morgan fingerprint density at radius 1 is 1.14 bits per heavy atom. The maximum absolute atomic E-state index is 12.4. The molecule has 1 aliphatic rings. The first-order chi connectivity index (χ1) is 14.1. The Kier molecular flexibility index (Phi) is 4.40. The van der Waals surface area contributed by atoms with Gasteiger partial charge in [-0.15, -0.1) is 0 Å². The molecule has 148 valence electrons. The molecule has 29 heavy (non-hydrogen) atoms. The van der Waals surface area contributed by atoms with Crippen molar-refractivity contribution in [3.8, 4) is 0 Å². The topological polar surface area (TPSA) is 95.8 Å². The molecule has 0 saturated carbocycles. The summed E-state index contributed by atoms with van der Waals surface area (Å²) in [6.07, 6.45) is 3.40. The maximum Gasteiger partial charge on any atom is 0.258 e. The van der Waals surface area contributed by atoms with Crippen LogP contribution >= 0.6 is 11.6 Å². The van der Waals surface area contributed by atoms with Gasteiger partial charge < -0.3 is 9.88 Å². The molecule has 0 bridgehead atoms. The normalized spacial score (nSPS) is 15.4. The van der Waals surface area contributed by atoms with Gasteiger partial charge in [-0.2, -0.15) is 5.10 Å². The average molecular weight is 411 g/mol. The van der Waals surface area contributed by atoms with Crippen LogP contribution in [0.1, 0.15) is 5.82 Å². The number of halogens is 1. The minimum absolute atomic E-state index is 0.161. The van der Waals surface area contributed by atoms with Crippen molar-refractivity contribution >= 4 is 39.4 Å². The lowest BCUT2D eigenvalue weighted by Gasteiger charge is -2.35. The third kappa shape index (κ3) is 3.32. The summed E-state index contributed by atoms with van der Waals surface area (Å²) in [5.41, 5.74) is 1.33. The lowest BCUT2D eigenvalue weighted by atomic mass is 10.2. The van der Waals surface area contributed by atoms with Crippen molar-refractivity contribution in [2.45, 2.75) is 6.54 Å². The summed E-state index contributed by atoms with van der Waals surface area (Å²) < 4.78 is 1.76. The summed E-state index contributed by atoms with van der Waals surface area (Å²) in [7, 11) is 1.88. The van der Waals surface area contributed by atoms with Crippen LogP contribution in [-0.2, 0) is 13.6 Å². The van der Waals surface area contributed by atoms with Crippen molar-refractivity contribution in [1.82, 2.24) is 34.6 Å². The van der Waals surface area contributed by atoms with Crippen molar-refractivity contribution in [2.24, 2.45) is 7.05 Å². The summed E-state index contributed by atoms with van der Waals surface area (Å²) in [5.74, 6) is 1.58. The van der Waals surface area contributed by atoms with E-state index in [1.54, 1.807) is 29.2 Å². The van der Waals surface area contributed by atoms with Gasteiger partial charge in [0.15, 0.2) is 5.65 Å². The molecule has 0 atom stereocenters. The maximum atomic E-state index is 12.4. The van der Waals surface area contributed by atoms with Gasteiger partial charge in [0.25, 0.3) is 5.56 Å². The molecule has 1 saturated heterocycles. The lowest BCUT2D eigenvalue weighted by Crippen LogP contribution is -2.46. The summed E-state index contributed by atoms with van der Waals surface area (Å²) in [6.45, 7) is 3.93. The van der Waals surface area contributed by atoms with Crippen LogP contribution in [0.15, 0.2) is 35.5 Å². The number of nitrogens with zero attached hydrogens (tertiary/aromatic N) is 7. The van der Waals surface area contributed by atoms with Gasteiger partial charge in [-0.25, -0.2) is 15.0 Å². The van der Waals surface area contributed by atoms with Crippen LogP contribution in [0.4, 0.5) is 5.82 Å². The first-order valence-corrected chi connectivity index (χ1v) is 9.75. The van der Waals surface area contributed by atoms with Gasteiger partial charge >= 0.3 is 0 Å². The fraction of sp³-hybridized carbons (Fsp3) is 0.316. The minimum Gasteiger partial charge on any atom is -0.353 e. The molecule has 0 spiro atoms. The quantitative estimate of drug-likeness (QED) is 0.547. The number of nitrogens with one attached hydrogen (secondary N) is 1. The molecule has 0 unspecified atom stereocenters. The van der Waals surface area contributed by atoms with Crippen LogP contribution in [0.25, 0.3) is 21.9 Å². The lowest BCUT2D eigenvalue weighted by molar-refractivity contribution is 0.244. The van der Waals surface area contributed by atoms with Gasteiger partial charge in [-0.05, 0) is 18.2 Å². The van der Waals surface area contributed by atoms with E-state index < -0.39 is 0 Å². The van der Waals surface area contributed by atoms with Gasteiger partial charge in [0.1, 0.15) is 18.0 Å². The van der Waals surface area contributed by atoms with Crippen molar-refractivity contribution in [3.05, 3.63) is 51.9 Å². The van der Waals surface area contributed by atoms with E-state index in [0.717, 1.165) is 43.0 Å². The molecule has 1 fully saturated rings. The number of anilines is 1. The van der Waals surface area contributed by atoms with Crippen LogP contribution in [-0.4, -0.2) is 60.8 Å². The fourth-order valence-electron chi connectivity index (χ4n) is 3.77. The highest BCUT2D eigenvalue weighted by molar-refractivity contribution is 6.31. The van der Waals surface area contributed by atoms with E-state index >= 15 is 0 Å². The van der Waals surface area contributed by atoms with E-state index in [1.807, 2.05) is 13.2 Å². The number of aromatic amines is 1. The molecule has 1 aromatic carbocycles. The molecule has 0 aliphatic carbocycles. The van der Waals surface area contributed by atoms with E-state index in [9.17, 15) is 4.79 Å². The molecule has 1 N–H and O–H groups in total. The zero-order valence-corrected chi connectivity index (χ0v) is 16.6. The Morgan fingerprint density at radius 2 is 1.97 bits per heavy atom. The van der Waals surface area contributed by atoms with Gasteiger partial charge in [0.2, 0.25) is 0 Å².